The molecule has 1 aliphatic rings. The smallest absolute Gasteiger partial charge is 0.253 e. The second-order valence-corrected chi connectivity index (χ2v) is 6.83. The average Bonchev–Trinajstić information content (AvgIpc) is 2.92. The maximum Gasteiger partial charge on any atom is 0.253 e. The zero-order chi connectivity index (χ0) is 15.5. The normalized spacial score (nSPS) is 15.3. The number of anilines is 1. The van der Waals surface area contributed by atoms with Gasteiger partial charge < -0.3 is 10.6 Å². The Kier molecular flexibility index (Phi) is 6.24. The molecule has 1 aromatic heterocycles. The Hall–Kier alpha value is -1.34. The Bertz CT molecular complexity index is 671. The van der Waals surface area contributed by atoms with Crippen LogP contribution < -0.4 is 5.73 Å². The molecular formula is C15H18Cl2N4OS. The van der Waals surface area contributed by atoms with Crippen LogP contribution in [-0.2, 0) is 6.54 Å². The van der Waals surface area contributed by atoms with E-state index in [1.54, 1.807) is 24.3 Å². The van der Waals surface area contributed by atoms with Gasteiger partial charge in [0.1, 0.15) is 0 Å². The fourth-order valence-corrected chi connectivity index (χ4v) is 3.45. The molecule has 0 saturated carbocycles. The van der Waals surface area contributed by atoms with Gasteiger partial charge in [-0.05, 0) is 18.2 Å². The fraction of sp³-hybridized carbons (Fsp3) is 0.333. The Morgan fingerprint density at radius 1 is 1.30 bits per heavy atom. The van der Waals surface area contributed by atoms with Crippen LogP contribution in [0.5, 0.6) is 0 Å². The number of nitrogens with two attached hydrogens (primary N) is 1. The van der Waals surface area contributed by atoms with Crippen molar-refractivity contribution in [2.75, 3.05) is 31.9 Å². The number of piperazine rings is 1. The van der Waals surface area contributed by atoms with Gasteiger partial charge in [0.05, 0.1) is 0 Å². The quantitative estimate of drug-likeness (QED) is 0.899. The van der Waals surface area contributed by atoms with E-state index in [2.05, 4.69) is 9.88 Å². The third-order valence-corrected chi connectivity index (χ3v) is 4.73. The van der Waals surface area contributed by atoms with Crippen molar-refractivity contribution in [2.24, 2.45) is 0 Å². The van der Waals surface area contributed by atoms with Gasteiger partial charge in [0.2, 0.25) is 0 Å². The highest BCUT2D eigenvalue weighted by molar-refractivity contribution is 7.15. The zero-order valence-corrected chi connectivity index (χ0v) is 14.8. The number of benzene rings is 1. The Balaban J connectivity index is 0.00000192. The van der Waals surface area contributed by atoms with Gasteiger partial charge in [0.15, 0.2) is 5.13 Å². The zero-order valence-electron chi connectivity index (χ0n) is 12.4. The van der Waals surface area contributed by atoms with E-state index in [1.807, 2.05) is 11.1 Å². The first-order chi connectivity index (χ1) is 10.6. The molecule has 0 spiro atoms. The topological polar surface area (TPSA) is 62.5 Å². The lowest BCUT2D eigenvalue weighted by Crippen LogP contribution is -2.48. The number of nitrogens with zero attached hydrogens (tertiary/aromatic N) is 3. The first-order valence-corrected chi connectivity index (χ1v) is 8.28. The summed E-state index contributed by atoms with van der Waals surface area (Å²) in [5.74, 6) is 0.0455. The number of hydrogen-bond donors (Lipinski definition) is 1. The number of rotatable bonds is 3. The van der Waals surface area contributed by atoms with E-state index in [0.717, 1.165) is 37.6 Å². The molecule has 1 aliphatic heterocycles. The van der Waals surface area contributed by atoms with Crippen molar-refractivity contribution in [1.29, 1.82) is 0 Å². The molecule has 23 heavy (non-hydrogen) atoms. The molecule has 0 aliphatic carbocycles. The number of carbonyl (C=O) groups is 1. The van der Waals surface area contributed by atoms with Crippen LogP contribution in [0, 0.1) is 0 Å². The summed E-state index contributed by atoms with van der Waals surface area (Å²) in [4.78, 5) is 21.9. The minimum Gasteiger partial charge on any atom is -0.375 e. The van der Waals surface area contributed by atoms with Gasteiger partial charge >= 0.3 is 0 Å². The predicted octanol–water partition coefficient (Wildman–Crippen LogP) is 2.76. The highest BCUT2D eigenvalue weighted by atomic mass is 35.5. The summed E-state index contributed by atoms with van der Waals surface area (Å²) in [5, 5.41) is 1.19. The molecular weight excluding hydrogens is 355 g/mol. The summed E-state index contributed by atoms with van der Waals surface area (Å²) < 4.78 is 0. The third kappa shape index (κ3) is 4.57. The van der Waals surface area contributed by atoms with Crippen molar-refractivity contribution in [3.63, 3.8) is 0 Å². The van der Waals surface area contributed by atoms with E-state index in [1.165, 1.54) is 11.3 Å². The average molecular weight is 373 g/mol. The summed E-state index contributed by atoms with van der Waals surface area (Å²) in [6, 6.07) is 7.11. The van der Waals surface area contributed by atoms with E-state index in [-0.39, 0.29) is 18.3 Å². The second kappa shape index (κ2) is 7.97. The summed E-state index contributed by atoms with van der Waals surface area (Å²) in [7, 11) is 0. The molecule has 0 radical (unpaired) electrons. The molecule has 1 aromatic carbocycles. The Labute approximate surface area is 150 Å². The number of nitrogen functional groups attached to an aromatic ring is 1. The van der Waals surface area contributed by atoms with Gasteiger partial charge in [-0.25, -0.2) is 4.98 Å². The first kappa shape index (κ1) is 18.0. The fourth-order valence-electron chi connectivity index (χ4n) is 2.53. The number of hydrogen-bond acceptors (Lipinski definition) is 5. The lowest BCUT2D eigenvalue weighted by atomic mass is 10.2. The van der Waals surface area contributed by atoms with Crippen LogP contribution in [0.15, 0.2) is 30.5 Å². The molecule has 0 atom stereocenters. The first-order valence-electron chi connectivity index (χ1n) is 7.09. The van der Waals surface area contributed by atoms with Gasteiger partial charge in [-0.3, -0.25) is 9.69 Å². The van der Waals surface area contributed by atoms with Gasteiger partial charge in [-0.15, -0.1) is 23.7 Å². The van der Waals surface area contributed by atoms with Crippen molar-refractivity contribution in [2.45, 2.75) is 6.54 Å². The van der Waals surface area contributed by atoms with Gasteiger partial charge in [0, 0.05) is 54.4 Å². The standard InChI is InChI=1S/C15H17ClN4OS.ClH/c16-12-3-1-2-11(8-12)14(21)20-6-4-19(5-7-20)10-13-9-18-15(17)22-13;/h1-3,8-9H,4-7,10H2,(H2,17,18);1H. The summed E-state index contributed by atoms with van der Waals surface area (Å²) >= 11 is 7.47. The monoisotopic (exact) mass is 372 g/mol. The molecule has 124 valence electrons. The number of thiazole rings is 1. The molecule has 2 N–H and O–H groups in total. The minimum atomic E-state index is 0. The van der Waals surface area contributed by atoms with E-state index in [9.17, 15) is 4.79 Å². The van der Waals surface area contributed by atoms with Crippen molar-refractivity contribution in [3.8, 4) is 0 Å². The number of aromatic nitrogens is 1. The van der Waals surface area contributed by atoms with Crippen LogP contribution >= 0.6 is 35.3 Å². The molecule has 5 nitrogen and oxygen atoms in total. The second-order valence-electron chi connectivity index (χ2n) is 5.24. The van der Waals surface area contributed by atoms with Crippen molar-refractivity contribution in [1.82, 2.24) is 14.8 Å². The Morgan fingerprint density at radius 2 is 2.04 bits per heavy atom. The lowest BCUT2D eigenvalue weighted by molar-refractivity contribution is 0.0629. The summed E-state index contributed by atoms with van der Waals surface area (Å²) in [6.45, 7) is 3.99. The number of amides is 1. The van der Waals surface area contributed by atoms with Crippen molar-refractivity contribution in [3.05, 3.63) is 45.9 Å². The van der Waals surface area contributed by atoms with Crippen LogP contribution in [0.25, 0.3) is 0 Å². The molecule has 0 unspecified atom stereocenters. The molecule has 0 bridgehead atoms. The van der Waals surface area contributed by atoms with E-state index in [4.69, 9.17) is 17.3 Å². The molecule has 2 heterocycles. The molecule has 1 saturated heterocycles. The number of halogens is 2. The molecule has 8 heteroatoms. The van der Waals surface area contributed by atoms with Crippen LogP contribution in [0.4, 0.5) is 5.13 Å². The maximum atomic E-state index is 12.4. The molecule has 3 rings (SSSR count). The summed E-state index contributed by atoms with van der Waals surface area (Å²) in [6.07, 6.45) is 1.82. The van der Waals surface area contributed by atoms with E-state index >= 15 is 0 Å². The minimum absolute atomic E-state index is 0. The lowest BCUT2D eigenvalue weighted by Gasteiger charge is -2.34. The van der Waals surface area contributed by atoms with Crippen molar-refractivity contribution < 1.29 is 4.79 Å². The van der Waals surface area contributed by atoms with Crippen LogP contribution in [0.3, 0.4) is 0 Å². The summed E-state index contributed by atoms with van der Waals surface area (Å²) in [5.41, 5.74) is 6.30. The third-order valence-electron chi connectivity index (χ3n) is 3.68. The van der Waals surface area contributed by atoms with Gasteiger partial charge in [-0.2, -0.15) is 0 Å². The largest absolute Gasteiger partial charge is 0.375 e. The maximum absolute atomic E-state index is 12.4. The van der Waals surface area contributed by atoms with Crippen LogP contribution in [0.2, 0.25) is 5.02 Å². The van der Waals surface area contributed by atoms with Crippen LogP contribution in [-0.4, -0.2) is 46.9 Å². The van der Waals surface area contributed by atoms with Crippen LogP contribution in [0.1, 0.15) is 15.2 Å². The van der Waals surface area contributed by atoms with Gasteiger partial charge in [0.25, 0.3) is 5.91 Å². The van der Waals surface area contributed by atoms with Gasteiger partial charge in [-0.1, -0.05) is 17.7 Å². The molecule has 2 aromatic rings. The highest BCUT2D eigenvalue weighted by Gasteiger charge is 2.22. The SMILES string of the molecule is Cl.Nc1ncc(CN2CCN(C(=O)c3cccc(Cl)c3)CC2)s1. The Morgan fingerprint density at radius 3 is 2.65 bits per heavy atom. The van der Waals surface area contributed by atoms with Crippen molar-refractivity contribution >= 4 is 46.4 Å². The van der Waals surface area contributed by atoms with E-state index in [0.29, 0.717) is 15.7 Å². The number of carbonyl (C=O) groups excluding carboxylic acids is 1. The highest BCUT2D eigenvalue weighted by Crippen LogP contribution is 2.18. The molecule has 1 amide bonds. The predicted molar refractivity (Wildman–Crippen MR) is 96.4 cm³/mol. The molecule has 1 fully saturated rings. The van der Waals surface area contributed by atoms with E-state index < -0.39 is 0 Å².